The summed E-state index contributed by atoms with van der Waals surface area (Å²) in [6.07, 6.45) is 8.48. The smallest absolute Gasteiger partial charge is 0.219 e. The van der Waals surface area contributed by atoms with Gasteiger partial charge in [-0.05, 0) is 57.1 Å². The Morgan fingerprint density at radius 1 is 1.30 bits per heavy atom. The van der Waals surface area contributed by atoms with Gasteiger partial charge in [-0.2, -0.15) is 0 Å². The van der Waals surface area contributed by atoms with Crippen molar-refractivity contribution in [2.24, 2.45) is 0 Å². The van der Waals surface area contributed by atoms with E-state index >= 15 is 0 Å². The molecule has 2 aliphatic carbocycles. The number of piperidine rings is 1. The average Bonchev–Trinajstić information content (AvgIpc) is 3.54. The molecule has 2 aromatic heterocycles. The Balaban J connectivity index is 1.54. The minimum Gasteiger partial charge on any atom is -0.353 e. The molecule has 1 spiro atoms. The van der Waals surface area contributed by atoms with Gasteiger partial charge in [-0.25, -0.2) is 9.97 Å². The molecule has 1 aliphatic heterocycles. The van der Waals surface area contributed by atoms with Gasteiger partial charge in [0.1, 0.15) is 11.6 Å². The lowest BCUT2D eigenvalue weighted by atomic mass is 9.77. The second-order valence-electron chi connectivity index (χ2n) is 9.45. The molecule has 6 nitrogen and oxygen atoms in total. The van der Waals surface area contributed by atoms with Crippen LogP contribution in [0.25, 0.3) is 0 Å². The van der Waals surface area contributed by atoms with Gasteiger partial charge in [0.2, 0.25) is 5.91 Å². The Morgan fingerprint density at radius 2 is 2.13 bits per heavy atom. The van der Waals surface area contributed by atoms with E-state index in [-0.39, 0.29) is 11.3 Å². The Bertz CT molecular complexity index is 986. The third-order valence-electron chi connectivity index (χ3n) is 7.19. The summed E-state index contributed by atoms with van der Waals surface area (Å²) in [5.74, 6) is 2.77. The van der Waals surface area contributed by atoms with E-state index in [1.54, 1.807) is 6.92 Å². The number of anilines is 1. The molecular formula is C24H31N5O. The molecule has 0 N–H and O–H groups in total. The molecule has 2 aromatic rings. The first-order chi connectivity index (χ1) is 14.5. The highest BCUT2D eigenvalue weighted by Crippen LogP contribution is 2.48. The Labute approximate surface area is 178 Å². The summed E-state index contributed by atoms with van der Waals surface area (Å²) in [5, 5.41) is 0. The van der Waals surface area contributed by atoms with Crippen molar-refractivity contribution < 1.29 is 4.79 Å². The van der Waals surface area contributed by atoms with E-state index in [2.05, 4.69) is 29.9 Å². The number of nitrogens with zero attached hydrogens (tertiary/aromatic N) is 5. The van der Waals surface area contributed by atoms with Crippen LogP contribution in [0.15, 0.2) is 18.3 Å². The fourth-order valence-corrected chi connectivity index (χ4v) is 5.26. The van der Waals surface area contributed by atoms with Gasteiger partial charge in [-0.1, -0.05) is 6.07 Å². The van der Waals surface area contributed by atoms with Gasteiger partial charge in [0.25, 0.3) is 0 Å². The monoisotopic (exact) mass is 405 g/mol. The number of carbonyl (C=O) groups is 1. The summed E-state index contributed by atoms with van der Waals surface area (Å²) in [7, 11) is 2.13. The van der Waals surface area contributed by atoms with E-state index < -0.39 is 0 Å². The third-order valence-corrected chi connectivity index (χ3v) is 7.19. The second-order valence-corrected chi connectivity index (χ2v) is 9.45. The van der Waals surface area contributed by atoms with Crippen LogP contribution in [0.4, 0.5) is 5.82 Å². The van der Waals surface area contributed by atoms with Crippen molar-refractivity contribution in [2.45, 2.75) is 70.3 Å². The summed E-state index contributed by atoms with van der Waals surface area (Å²) < 4.78 is 0. The predicted molar refractivity (Wildman–Crippen MR) is 117 cm³/mol. The Hall–Kier alpha value is -2.50. The standard InChI is InChI=1S/C24H31N5O/c1-16-6-4-12-25-20(16)14-28(3)23-19-9-11-24(10-5-13-29(15-24)17(2)30)21(19)26-22(27-23)18-7-8-18/h4,6,12,18H,5,7-11,13-15H2,1-3H3. The fraction of sp³-hybridized carbons (Fsp3) is 0.583. The minimum absolute atomic E-state index is 0.00232. The molecule has 5 rings (SSSR count). The number of aryl methyl sites for hydroxylation is 1. The number of amides is 1. The summed E-state index contributed by atoms with van der Waals surface area (Å²) in [5.41, 5.74) is 4.82. The molecule has 1 saturated carbocycles. The van der Waals surface area contributed by atoms with Gasteiger partial charge in [0, 0.05) is 50.2 Å². The highest BCUT2D eigenvalue weighted by Gasteiger charge is 2.46. The first-order valence-electron chi connectivity index (χ1n) is 11.3. The zero-order valence-corrected chi connectivity index (χ0v) is 18.3. The molecule has 158 valence electrons. The molecule has 1 amide bonds. The zero-order valence-electron chi connectivity index (χ0n) is 18.3. The van der Waals surface area contributed by atoms with Gasteiger partial charge >= 0.3 is 0 Å². The predicted octanol–water partition coefficient (Wildman–Crippen LogP) is 3.52. The van der Waals surface area contributed by atoms with Gasteiger partial charge in [-0.15, -0.1) is 0 Å². The number of likely N-dealkylation sites (tertiary alicyclic amines) is 1. The Kier molecular flexibility index (Phi) is 4.75. The lowest BCUT2D eigenvalue weighted by molar-refractivity contribution is -0.131. The highest BCUT2D eigenvalue weighted by molar-refractivity contribution is 5.73. The maximum Gasteiger partial charge on any atom is 0.219 e. The Morgan fingerprint density at radius 3 is 2.87 bits per heavy atom. The number of aromatic nitrogens is 3. The summed E-state index contributed by atoms with van der Waals surface area (Å²) in [4.78, 5) is 31.2. The number of hydrogen-bond acceptors (Lipinski definition) is 5. The highest BCUT2D eigenvalue weighted by atomic mass is 16.2. The van der Waals surface area contributed by atoms with Gasteiger partial charge in [0.05, 0.1) is 17.9 Å². The summed E-state index contributed by atoms with van der Waals surface area (Å²) >= 11 is 0. The molecule has 0 radical (unpaired) electrons. The first kappa shape index (κ1) is 19.5. The zero-order chi connectivity index (χ0) is 20.9. The largest absolute Gasteiger partial charge is 0.353 e. The maximum absolute atomic E-state index is 12.1. The molecule has 6 heteroatoms. The average molecular weight is 406 g/mol. The van der Waals surface area contributed by atoms with Crippen LogP contribution in [0.5, 0.6) is 0 Å². The molecule has 0 bridgehead atoms. The second kappa shape index (κ2) is 7.33. The SMILES string of the molecule is CC(=O)N1CCCC2(CCc3c(N(C)Cc4ncccc4C)nc(C4CC4)nc32)C1. The van der Waals surface area contributed by atoms with Crippen molar-refractivity contribution in [2.75, 3.05) is 25.0 Å². The number of fused-ring (bicyclic) bond motifs is 2. The van der Waals surface area contributed by atoms with Crippen molar-refractivity contribution in [3.63, 3.8) is 0 Å². The van der Waals surface area contributed by atoms with Crippen LogP contribution in [0, 0.1) is 6.92 Å². The van der Waals surface area contributed by atoms with E-state index in [4.69, 9.17) is 9.97 Å². The molecule has 3 aliphatic rings. The number of hydrogen-bond donors (Lipinski definition) is 0. The lowest BCUT2D eigenvalue weighted by Gasteiger charge is -2.40. The van der Waals surface area contributed by atoms with Crippen LogP contribution < -0.4 is 4.90 Å². The molecule has 1 saturated heterocycles. The summed E-state index contributed by atoms with van der Waals surface area (Å²) in [6, 6.07) is 4.10. The van der Waals surface area contributed by atoms with Crippen LogP contribution in [-0.4, -0.2) is 45.9 Å². The van der Waals surface area contributed by atoms with Crippen molar-refractivity contribution in [3.8, 4) is 0 Å². The fourth-order valence-electron chi connectivity index (χ4n) is 5.26. The number of rotatable bonds is 4. The van der Waals surface area contributed by atoms with E-state index in [1.807, 2.05) is 17.2 Å². The van der Waals surface area contributed by atoms with Crippen molar-refractivity contribution in [1.29, 1.82) is 0 Å². The topological polar surface area (TPSA) is 62.2 Å². The van der Waals surface area contributed by atoms with E-state index in [9.17, 15) is 4.79 Å². The molecular weight excluding hydrogens is 374 g/mol. The lowest BCUT2D eigenvalue weighted by Crippen LogP contribution is -2.47. The molecule has 1 atom stereocenters. The number of carbonyl (C=O) groups excluding carboxylic acids is 1. The normalized spacial score (nSPS) is 23.0. The number of pyridine rings is 1. The molecule has 1 unspecified atom stereocenters. The van der Waals surface area contributed by atoms with Crippen LogP contribution >= 0.6 is 0 Å². The van der Waals surface area contributed by atoms with Crippen molar-refractivity contribution in [3.05, 3.63) is 46.7 Å². The quantitative estimate of drug-likeness (QED) is 0.779. The van der Waals surface area contributed by atoms with Crippen molar-refractivity contribution in [1.82, 2.24) is 19.9 Å². The molecule has 3 heterocycles. The third kappa shape index (κ3) is 3.36. The van der Waals surface area contributed by atoms with Gasteiger partial charge < -0.3 is 9.80 Å². The first-order valence-corrected chi connectivity index (χ1v) is 11.3. The molecule has 2 fully saturated rings. The van der Waals surface area contributed by atoms with E-state index in [1.165, 1.54) is 29.7 Å². The maximum atomic E-state index is 12.1. The van der Waals surface area contributed by atoms with Crippen LogP contribution in [0.3, 0.4) is 0 Å². The summed E-state index contributed by atoms with van der Waals surface area (Å²) in [6.45, 7) is 6.23. The van der Waals surface area contributed by atoms with Crippen LogP contribution in [0.1, 0.15) is 73.3 Å². The van der Waals surface area contributed by atoms with Gasteiger partial charge in [0.15, 0.2) is 0 Å². The molecule has 0 aromatic carbocycles. The minimum atomic E-state index is 0.00232. The molecule has 30 heavy (non-hydrogen) atoms. The van der Waals surface area contributed by atoms with Crippen LogP contribution in [-0.2, 0) is 23.2 Å². The van der Waals surface area contributed by atoms with E-state index in [0.717, 1.165) is 62.7 Å². The van der Waals surface area contributed by atoms with Gasteiger partial charge in [-0.3, -0.25) is 9.78 Å². The van der Waals surface area contributed by atoms with Crippen molar-refractivity contribution >= 4 is 11.7 Å². The van der Waals surface area contributed by atoms with E-state index in [0.29, 0.717) is 5.92 Å². The van der Waals surface area contributed by atoms with Crippen LogP contribution in [0.2, 0.25) is 0 Å².